The van der Waals surface area contributed by atoms with Gasteiger partial charge < -0.3 is 5.11 Å². The molecule has 0 aliphatic carbocycles. The van der Waals surface area contributed by atoms with Gasteiger partial charge in [0.25, 0.3) is 0 Å². The third-order valence-corrected chi connectivity index (χ3v) is 9.51. The van der Waals surface area contributed by atoms with Crippen LogP contribution in [0.3, 0.4) is 0 Å². The van der Waals surface area contributed by atoms with E-state index >= 15 is 0 Å². The molecule has 0 atom stereocenters. The van der Waals surface area contributed by atoms with Crippen LogP contribution in [0.15, 0.2) is 30.3 Å². The fourth-order valence-electron chi connectivity index (χ4n) is 0.428. The Bertz CT molecular complexity index is 169. The summed E-state index contributed by atoms with van der Waals surface area (Å²) in [6.07, 6.45) is 0. The molecule has 0 saturated carbocycles. The molecule has 0 aliphatic rings. The summed E-state index contributed by atoms with van der Waals surface area (Å²) >= 11 is 4.01. The Morgan fingerprint density at radius 2 is 1.45 bits per heavy atom. The predicted octanol–water partition coefficient (Wildman–Crippen LogP) is 2.68. The molecule has 11 heavy (non-hydrogen) atoms. The minimum atomic E-state index is 0.322. The Morgan fingerprint density at radius 1 is 1.00 bits per heavy atom. The van der Waals surface area contributed by atoms with Crippen molar-refractivity contribution in [2.75, 3.05) is 0 Å². The van der Waals surface area contributed by atoms with Gasteiger partial charge in [-0.25, -0.2) is 0 Å². The monoisotopic (exact) mass is 354 g/mol. The van der Waals surface area contributed by atoms with E-state index in [-0.39, 0.29) is 0 Å². The number of phenols is 1. The zero-order valence-electron chi connectivity index (χ0n) is 5.47. The van der Waals surface area contributed by atoms with E-state index in [4.69, 9.17) is 5.11 Å². The molecule has 1 nitrogen and oxygen atoms in total. The van der Waals surface area contributed by atoms with Gasteiger partial charge >= 0.3 is 54.1 Å². The molecular formula is C6H6Mo2OS2. The summed E-state index contributed by atoms with van der Waals surface area (Å²) in [6.45, 7) is 0. The van der Waals surface area contributed by atoms with Crippen LogP contribution in [0.2, 0.25) is 0 Å². The molecule has 0 aliphatic heterocycles. The molecule has 0 amide bonds. The molecule has 1 rings (SSSR count). The molecular weight excluding hydrogens is 344 g/mol. The van der Waals surface area contributed by atoms with Gasteiger partial charge in [-0.3, -0.25) is 0 Å². The first-order chi connectivity index (χ1) is 5.31. The van der Waals surface area contributed by atoms with Gasteiger partial charge in [-0.15, -0.1) is 0 Å². The number of hydrogen-bond acceptors (Lipinski definition) is 3. The third kappa shape index (κ3) is 9.01. The van der Waals surface area contributed by atoms with E-state index in [1.807, 2.05) is 43.1 Å². The number of aromatic hydroxyl groups is 1. The van der Waals surface area contributed by atoms with Gasteiger partial charge in [0.05, 0.1) is 0 Å². The Kier molecular flexibility index (Phi) is 10.1. The summed E-state index contributed by atoms with van der Waals surface area (Å²) in [5, 5.41) is 8.63. The van der Waals surface area contributed by atoms with Gasteiger partial charge in [0, 0.05) is 0 Å². The normalized spacial score (nSPS) is 8.00. The maximum absolute atomic E-state index is 8.63. The van der Waals surface area contributed by atoms with Crippen molar-refractivity contribution >= 4 is 17.0 Å². The Hall–Kier alpha value is 1.10. The molecule has 0 aromatic heterocycles. The molecule has 1 N–H and O–H groups in total. The summed E-state index contributed by atoms with van der Waals surface area (Å²) in [4.78, 5) is 0. The molecule has 1 aromatic carbocycles. The van der Waals surface area contributed by atoms with Crippen LogP contribution in [-0.4, -0.2) is 5.11 Å². The second-order valence-electron chi connectivity index (χ2n) is 1.47. The van der Waals surface area contributed by atoms with E-state index in [2.05, 4.69) is 0 Å². The van der Waals surface area contributed by atoms with Gasteiger partial charge in [0.2, 0.25) is 0 Å². The molecule has 0 bridgehead atoms. The van der Waals surface area contributed by atoms with Gasteiger partial charge in [-0.1, -0.05) is 18.2 Å². The number of hydrogen-bond donors (Lipinski definition) is 1. The fraction of sp³-hybridized carbons (Fsp3) is 0. The van der Waals surface area contributed by atoms with Crippen molar-refractivity contribution in [2.45, 2.75) is 0 Å². The first-order valence-corrected chi connectivity index (χ1v) is 9.55. The summed E-state index contributed by atoms with van der Waals surface area (Å²) < 4.78 is 0. The van der Waals surface area contributed by atoms with Gasteiger partial charge in [0.1, 0.15) is 5.75 Å². The van der Waals surface area contributed by atoms with Crippen molar-refractivity contribution in [3.8, 4) is 5.75 Å². The second kappa shape index (κ2) is 9.19. The second-order valence-corrected chi connectivity index (χ2v) is 8.58. The molecule has 60 valence electrons. The number of benzene rings is 1. The van der Waals surface area contributed by atoms with E-state index in [1.54, 1.807) is 41.3 Å². The molecule has 0 saturated heterocycles. The van der Waals surface area contributed by atoms with E-state index in [1.165, 1.54) is 0 Å². The molecule has 0 spiro atoms. The van der Waals surface area contributed by atoms with E-state index in [9.17, 15) is 0 Å². The van der Waals surface area contributed by atoms with Crippen molar-refractivity contribution in [3.63, 3.8) is 0 Å². The molecule has 1 aromatic rings. The van der Waals surface area contributed by atoms with Crippen LogP contribution >= 0.6 is 17.0 Å². The summed E-state index contributed by atoms with van der Waals surface area (Å²) in [6, 6.07) is 8.71. The summed E-state index contributed by atoms with van der Waals surface area (Å²) in [5.41, 5.74) is 0. The number of para-hydroxylation sites is 1. The Labute approximate surface area is 94.3 Å². The third-order valence-electron chi connectivity index (χ3n) is 0.784. The molecule has 0 heterocycles. The van der Waals surface area contributed by atoms with Gasteiger partial charge in [-0.2, -0.15) is 0 Å². The zero-order valence-corrected chi connectivity index (χ0v) is 11.1. The topological polar surface area (TPSA) is 20.2 Å². The van der Waals surface area contributed by atoms with E-state index in [0.29, 0.717) is 5.75 Å². The average Bonchev–Trinajstić information content (AvgIpc) is 2.07. The van der Waals surface area contributed by atoms with Gasteiger partial charge in [0.15, 0.2) is 0 Å². The standard InChI is InChI=1S/C6H6O.2Mo.S2/c7-6-4-2-1-3-5-6;;;1-2/h1-5,7H;;;/q;2*+1;-2. The minimum absolute atomic E-state index is 0.322. The first-order valence-electron chi connectivity index (χ1n) is 2.63. The quantitative estimate of drug-likeness (QED) is 0.621. The van der Waals surface area contributed by atoms with Crippen LogP contribution in [-0.2, 0) is 37.1 Å². The molecule has 0 radical (unpaired) electrons. The van der Waals surface area contributed by atoms with Crippen LogP contribution in [0.4, 0.5) is 0 Å². The van der Waals surface area contributed by atoms with Crippen LogP contribution in [0.5, 0.6) is 5.75 Å². The van der Waals surface area contributed by atoms with Crippen molar-refractivity contribution in [1.82, 2.24) is 0 Å². The Balaban J connectivity index is 0.000000218. The first kappa shape index (κ1) is 12.1. The van der Waals surface area contributed by atoms with Crippen LogP contribution in [0, 0.1) is 0 Å². The fourth-order valence-corrected chi connectivity index (χ4v) is 0.428. The average molecular weight is 350 g/mol. The van der Waals surface area contributed by atoms with Crippen molar-refractivity contribution in [1.29, 1.82) is 0 Å². The molecule has 0 unspecified atom stereocenters. The number of phenolic OH excluding ortho intramolecular Hbond substituents is 1. The van der Waals surface area contributed by atoms with Crippen molar-refractivity contribution in [3.05, 3.63) is 30.3 Å². The Morgan fingerprint density at radius 3 is 1.64 bits per heavy atom. The summed E-state index contributed by atoms with van der Waals surface area (Å²) in [7, 11) is 3.58. The van der Waals surface area contributed by atoms with E-state index < -0.39 is 0 Å². The van der Waals surface area contributed by atoms with Gasteiger partial charge in [-0.05, 0) is 12.1 Å². The van der Waals surface area contributed by atoms with E-state index in [0.717, 1.165) is 0 Å². The van der Waals surface area contributed by atoms with Crippen molar-refractivity contribution < 1.29 is 42.2 Å². The predicted molar refractivity (Wildman–Crippen MR) is 43.3 cm³/mol. The summed E-state index contributed by atoms with van der Waals surface area (Å²) in [5.74, 6) is 0.322. The van der Waals surface area contributed by atoms with Crippen LogP contribution in [0.25, 0.3) is 0 Å². The SMILES string of the molecule is Oc1ccccc1.[Mo][S][S][Mo]. The zero-order chi connectivity index (χ0) is 8.53. The van der Waals surface area contributed by atoms with Crippen molar-refractivity contribution in [2.24, 2.45) is 0 Å². The maximum atomic E-state index is 8.63. The number of rotatable bonds is 1. The molecule has 0 fully saturated rings. The van der Waals surface area contributed by atoms with Crippen LogP contribution in [0.1, 0.15) is 0 Å². The van der Waals surface area contributed by atoms with Crippen LogP contribution < -0.4 is 0 Å². The molecule has 5 heteroatoms.